The van der Waals surface area contributed by atoms with Crippen molar-refractivity contribution in [3.63, 3.8) is 0 Å². The van der Waals surface area contributed by atoms with E-state index in [0.29, 0.717) is 28.9 Å². The number of hydrogen-bond donors (Lipinski definition) is 0. The number of methoxy groups -OCH3 is 2. The largest absolute Gasteiger partial charge is 0.497 e. The molecule has 2 saturated heterocycles. The van der Waals surface area contributed by atoms with Gasteiger partial charge in [-0.2, -0.15) is 0 Å². The number of nitrogens with zero attached hydrogens (tertiary/aromatic N) is 3. The number of carbonyl (C=O) groups excluding carboxylic acids is 1. The molecule has 0 saturated carbocycles. The van der Waals surface area contributed by atoms with Gasteiger partial charge in [0.15, 0.2) is 0 Å². The minimum Gasteiger partial charge on any atom is -0.497 e. The number of likely N-dealkylation sites (tertiary alicyclic amines) is 1. The Kier molecular flexibility index (Phi) is 4.64. The van der Waals surface area contributed by atoms with Crippen LogP contribution in [-0.4, -0.2) is 56.2 Å². The summed E-state index contributed by atoms with van der Waals surface area (Å²) < 4.78 is 10.6. The van der Waals surface area contributed by atoms with Crippen molar-refractivity contribution in [1.29, 1.82) is 0 Å². The predicted octanol–water partition coefficient (Wildman–Crippen LogP) is 2.62. The molecule has 4 rings (SSSR count). The van der Waals surface area contributed by atoms with Crippen LogP contribution in [0.3, 0.4) is 0 Å². The Hall–Kier alpha value is -2.76. The summed E-state index contributed by atoms with van der Waals surface area (Å²) in [6, 6.07) is 11.5. The first-order chi connectivity index (χ1) is 13.1. The van der Waals surface area contributed by atoms with Crippen LogP contribution in [0.1, 0.15) is 16.1 Å². The molecule has 0 radical (unpaired) electrons. The number of carbonyl (C=O) groups is 1. The third-order valence-corrected chi connectivity index (χ3v) is 5.61. The number of hydrogen-bond acceptors (Lipinski definition) is 5. The average Bonchev–Trinajstić information content (AvgIpc) is 3.26. The van der Waals surface area contributed by atoms with Crippen molar-refractivity contribution in [1.82, 2.24) is 9.88 Å². The van der Waals surface area contributed by atoms with Gasteiger partial charge in [-0.15, -0.1) is 0 Å². The highest BCUT2D eigenvalue weighted by molar-refractivity contribution is 5.97. The van der Waals surface area contributed by atoms with E-state index in [1.807, 2.05) is 17.9 Å². The molecule has 2 atom stereocenters. The molecule has 2 aliphatic heterocycles. The molecular formula is C21H25N3O3. The molecule has 1 amide bonds. The highest BCUT2D eigenvalue weighted by Gasteiger charge is 2.42. The number of rotatable bonds is 4. The van der Waals surface area contributed by atoms with Crippen LogP contribution in [0.2, 0.25) is 0 Å². The van der Waals surface area contributed by atoms with E-state index in [2.05, 4.69) is 22.0 Å². The van der Waals surface area contributed by atoms with Crippen LogP contribution in [0.4, 0.5) is 5.82 Å². The van der Waals surface area contributed by atoms with Crippen LogP contribution in [0.15, 0.2) is 36.4 Å². The molecule has 1 aromatic heterocycles. The molecule has 1 aromatic carbocycles. The third kappa shape index (κ3) is 3.31. The van der Waals surface area contributed by atoms with Gasteiger partial charge in [0.2, 0.25) is 0 Å². The van der Waals surface area contributed by atoms with E-state index in [9.17, 15) is 4.79 Å². The van der Waals surface area contributed by atoms with Crippen LogP contribution < -0.4 is 14.4 Å². The quantitative estimate of drug-likeness (QED) is 0.831. The fourth-order valence-electron chi connectivity index (χ4n) is 4.20. The molecule has 6 heteroatoms. The Labute approximate surface area is 159 Å². The molecule has 2 aromatic rings. The van der Waals surface area contributed by atoms with E-state index >= 15 is 0 Å². The topological polar surface area (TPSA) is 54.9 Å². The van der Waals surface area contributed by atoms with Gasteiger partial charge in [0, 0.05) is 49.8 Å². The van der Waals surface area contributed by atoms with Crippen LogP contribution in [0.25, 0.3) is 0 Å². The number of aryl methyl sites for hydroxylation is 1. The Morgan fingerprint density at radius 1 is 1.04 bits per heavy atom. The van der Waals surface area contributed by atoms with Crippen LogP contribution in [0.5, 0.6) is 11.5 Å². The van der Waals surface area contributed by atoms with E-state index in [-0.39, 0.29) is 5.91 Å². The maximum absolute atomic E-state index is 13.0. The zero-order valence-corrected chi connectivity index (χ0v) is 16.0. The Bertz CT molecular complexity index is 840. The van der Waals surface area contributed by atoms with Crippen LogP contribution in [-0.2, 0) is 0 Å². The molecular weight excluding hydrogens is 342 g/mol. The first-order valence-electron chi connectivity index (χ1n) is 9.29. The minimum absolute atomic E-state index is 0.0316. The van der Waals surface area contributed by atoms with Crippen LogP contribution >= 0.6 is 0 Å². The van der Waals surface area contributed by atoms with Gasteiger partial charge in [-0.1, -0.05) is 6.07 Å². The minimum atomic E-state index is 0.0316. The second kappa shape index (κ2) is 7.10. The molecule has 0 bridgehead atoms. The molecule has 3 heterocycles. The molecule has 142 valence electrons. The Morgan fingerprint density at radius 2 is 1.78 bits per heavy atom. The Balaban J connectivity index is 1.45. The SMILES string of the molecule is COc1ccc(C(=O)N2CC3CN(c4cccc(C)n4)CC3C2)c(OC)c1. The van der Waals surface area contributed by atoms with E-state index in [4.69, 9.17) is 9.47 Å². The van der Waals surface area contributed by atoms with Gasteiger partial charge in [0.05, 0.1) is 19.8 Å². The van der Waals surface area contributed by atoms with Crippen molar-refractivity contribution < 1.29 is 14.3 Å². The lowest BCUT2D eigenvalue weighted by molar-refractivity contribution is 0.0779. The van der Waals surface area contributed by atoms with Crippen molar-refractivity contribution in [2.75, 3.05) is 45.3 Å². The molecule has 0 N–H and O–H groups in total. The number of ether oxygens (including phenoxy) is 2. The maximum atomic E-state index is 13.0. The number of fused-ring (bicyclic) bond motifs is 1. The molecule has 2 unspecified atom stereocenters. The first-order valence-corrected chi connectivity index (χ1v) is 9.29. The second-order valence-corrected chi connectivity index (χ2v) is 7.34. The summed E-state index contributed by atoms with van der Waals surface area (Å²) in [5.74, 6) is 3.29. The highest BCUT2D eigenvalue weighted by Crippen LogP contribution is 2.35. The lowest BCUT2D eigenvalue weighted by Crippen LogP contribution is -2.33. The van der Waals surface area contributed by atoms with E-state index in [1.165, 1.54) is 0 Å². The number of anilines is 1. The van der Waals surface area contributed by atoms with Crippen molar-refractivity contribution in [2.24, 2.45) is 11.8 Å². The third-order valence-electron chi connectivity index (χ3n) is 5.61. The van der Waals surface area contributed by atoms with Crippen molar-refractivity contribution in [3.05, 3.63) is 47.7 Å². The van der Waals surface area contributed by atoms with Gasteiger partial charge in [0.25, 0.3) is 5.91 Å². The molecule has 6 nitrogen and oxygen atoms in total. The smallest absolute Gasteiger partial charge is 0.257 e. The number of aromatic nitrogens is 1. The van der Waals surface area contributed by atoms with Crippen molar-refractivity contribution >= 4 is 11.7 Å². The monoisotopic (exact) mass is 367 g/mol. The van der Waals surface area contributed by atoms with Gasteiger partial charge >= 0.3 is 0 Å². The number of benzene rings is 1. The lowest BCUT2D eigenvalue weighted by Gasteiger charge is -2.23. The number of pyridine rings is 1. The Morgan fingerprint density at radius 3 is 2.41 bits per heavy atom. The first kappa shape index (κ1) is 17.6. The summed E-state index contributed by atoms with van der Waals surface area (Å²) in [7, 11) is 3.18. The predicted molar refractivity (Wildman–Crippen MR) is 104 cm³/mol. The van der Waals surface area contributed by atoms with Gasteiger partial charge in [-0.05, 0) is 31.2 Å². The fourth-order valence-corrected chi connectivity index (χ4v) is 4.20. The molecule has 2 fully saturated rings. The van der Waals surface area contributed by atoms with Gasteiger partial charge in [0.1, 0.15) is 17.3 Å². The maximum Gasteiger partial charge on any atom is 0.257 e. The van der Waals surface area contributed by atoms with Gasteiger partial charge < -0.3 is 19.3 Å². The lowest BCUT2D eigenvalue weighted by atomic mass is 10.0. The standard InChI is InChI=1S/C21H25N3O3/c1-14-5-4-6-20(22-14)23-10-15-12-24(13-16(15)11-23)21(25)18-8-7-17(26-2)9-19(18)27-3/h4-9,15-16H,10-13H2,1-3H3. The van der Waals surface area contributed by atoms with E-state index < -0.39 is 0 Å². The molecule has 27 heavy (non-hydrogen) atoms. The highest BCUT2D eigenvalue weighted by atomic mass is 16.5. The summed E-state index contributed by atoms with van der Waals surface area (Å²) in [5.41, 5.74) is 1.63. The van der Waals surface area contributed by atoms with Gasteiger partial charge in [-0.3, -0.25) is 4.79 Å². The normalized spacial score (nSPS) is 21.3. The van der Waals surface area contributed by atoms with Crippen LogP contribution in [0, 0.1) is 18.8 Å². The van der Waals surface area contributed by atoms with Crippen molar-refractivity contribution in [2.45, 2.75) is 6.92 Å². The van der Waals surface area contributed by atoms with Gasteiger partial charge in [-0.25, -0.2) is 4.98 Å². The molecule has 0 aliphatic carbocycles. The summed E-state index contributed by atoms with van der Waals surface area (Å²) in [4.78, 5) is 22.0. The molecule has 0 spiro atoms. The zero-order chi connectivity index (χ0) is 19.0. The second-order valence-electron chi connectivity index (χ2n) is 7.34. The summed E-state index contributed by atoms with van der Waals surface area (Å²) >= 11 is 0. The zero-order valence-electron chi connectivity index (χ0n) is 16.0. The number of amides is 1. The summed E-state index contributed by atoms with van der Waals surface area (Å²) in [5, 5.41) is 0. The van der Waals surface area contributed by atoms with E-state index in [0.717, 1.165) is 37.7 Å². The summed E-state index contributed by atoms with van der Waals surface area (Å²) in [6.45, 7) is 5.47. The molecule has 2 aliphatic rings. The fraction of sp³-hybridized carbons (Fsp3) is 0.429. The summed E-state index contributed by atoms with van der Waals surface area (Å²) in [6.07, 6.45) is 0. The average molecular weight is 367 g/mol. The van der Waals surface area contributed by atoms with E-state index in [1.54, 1.807) is 32.4 Å². The van der Waals surface area contributed by atoms with Crippen molar-refractivity contribution in [3.8, 4) is 11.5 Å².